The maximum Gasteiger partial charge on any atom is 0.243 e. The van der Waals surface area contributed by atoms with Gasteiger partial charge in [-0.3, -0.25) is 0 Å². The molecule has 102 valence electrons. The van der Waals surface area contributed by atoms with Crippen LogP contribution in [-0.2, 0) is 14.8 Å². The predicted octanol–water partition coefficient (Wildman–Crippen LogP) is 0.250. The van der Waals surface area contributed by atoms with Gasteiger partial charge < -0.3 is 9.84 Å². The first-order chi connectivity index (χ1) is 8.36. The van der Waals surface area contributed by atoms with Crippen LogP contribution in [0.25, 0.3) is 0 Å². The Labute approximate surface area is 103 Å². The second-order valence-corrected chi connectivity index (χ2v) is 5.27. The summed E-state index contributed by atoms with van der Waals surface area (Å²) in [6.45, 7) is -0.387. The highest BCUT2D eigenvalue weighted by Gasteiger charge is 2.20. The molecule has 0 fully saturated rings. The van der Waals surface area contributed by atoms with Crippen molar-refractivity contribution in [1.29, 1.82) is 0 Å². The summed E-state index contributed by atoms with van der Waals surface area (Å²) < 4.78 is 55.8. The zero-order chi connectivity index (χ0) is 13.8. The quantitative estimate of drug-likeness (QED) is 0.784. The molecule has 0 aliphatic carbocycles. The van der Waals surface area contributed by atoms with Crippen LogP contribution in [0, 0.1) is 11.6 Å². The van der Waals surface area contributed by atoms with Crippen LogP contribution in [0.5, 0.6) is 0 Å². The van der Waals surface area contributed by atoms with E-state index in [-0.39, 0.29) is 13.2 Å². The number of benzene rings is 1. The zero-order valence-corrected chi connectivity index (χ0v) is 10.4. The van der Waals surface area contributed by atoms with E-state index in [2.05, 4.69) is 4.74 Å². The standard InChI is InChI=1S/C10H13F2NO4S/c1-17-6-8(14)5-13-18(15,16)10-3-2-7(11)4-9(10)12/h2-4,8,13-14H,5-6H2,1H3. The van der Waals surface area contributed by atoms with Crippen molar-refractivity contribution in [3.63, 3.8) is 0 Å². The number of aliphatic hydroxyl groups excluding tert-OH is 1. The van der Waals surface area contributed by atoms with E-state index in [1.165, 1.54) is 7.11 Å². The molecule has 1 aromatic carbocycles. The molecule has 0 saturated heterocycles. The Morgan fingerprint density at radius 3 is 2.67 bits per heavy atom. The zero-order valence-electron chi connectivity index (χ0n) is 9.56. The van der Waals surface area contributed by atoms with Crippen molar-refractivity contribution in [3.05, 3.63) is 29.8 Å². The predicted molar refractivity (Wildman–Crippen MR) is 59.4 cm³/mol. The van der Waals surface area contributed by atoms with Gasteiger partial charge in [-0.15, -0.1) is 0 Å². The fourth-order valence-electron chi connectivity index (χ4n) is 1.23. The van der Waals surface area contributed by atoms with Crippen molar-refractivity contribution in [1.82, 2.24) is 4.72 Å². The minimum Gasteiger partial charge on any atom is -0.389 e. The first-order valence-electron chi connectivity index (χ1n) is 4.98. The molecule has 8 heteroatoms. The number of nitrogens with one attached hydrogen (secondary N) is 1. The molecule has 0 amide bonds. The van der Waals surface area contributed by atoms with Crippen molar-refractivity contribution in [2.45, 2.75) is 11.0 Å². The van der Waals surface area contributed by atoms with E-state index < -0.39 is 32.7 Å². The second-order valence-electron chi connectivity index (χ2n) is 3.54. The second kappa shape index (κ2) is 6.19. The van der Waals surface area contributed by atoms with Crippen molar-refractivity contribution in [2.24, 2.45) is 0 Å². The molecule has 2 N–H and O–H groups in total. The fourth-order valence-corrected chi connectivity index (χ4v) is 2.36. The average Bonchev–Trinajstić information content (AvgIpc) is 2.26. The molecule has 0 heterocycles. The van der Waals surface area contributed by atoms with Gasteiger partial charge >= 0.3 is 0 Å². The molecule has 0 saturated carbocycles. The summed E-state index contributed by atoms with van der Waals surface area (Å²) in [5, 5.41) is 9.27. The number of hydrogen-bond acceptors (Lipinski definition) is 4. The van der Waals surface area contributed by atoms with Crippen molar-refractivity contribution < 1.29 is 27.0 Å². The lowest BCUT2D eigenvalue weighted by molar-refractivity contribution is 0.0679. The average molecular weight is 281 g/mol. The number of sulfonamides is 1. The summed E-state index contributed by atoms with van der Waals surface area (Å²) >= 11 is 0. The fraction of sp³-hybridized carbons (Fsp3) is 0.400. The van der Waals surface area contributed by atoms with Gasteiger partial charge in [-0.25, -0.2) is 21.9 Å². The largest absolute Gasteiger partial charge is 0.389 e. The molecule has 1 unspecified atom stereocenters. The van der Waals surface area contributed by atoms with E-state index >= 15 is 0 Å². The normalized spacial score (nSPS) is 13.6. The molecule has 18 heavy (non-hydrogen) atoms. The van der Waals surface area contributed by atoms with Crippen LogP contribution < -0.4 is 4.72 Å². The molecule has 1 atom stereocenters. The van der Waals surface area contributed by atoms with Crippen LogP contribution in [0.2, 0.25) is 0 Å². The number of ether oxygens (including phenoxy) is 1. The van der Waals surface area contributed by atoms with Gasteiger partial charge in [0, 0.05) is 19.7 Å². The number of methoxy groups -OCH3 is 1. The molecule has 1 aromatic rings. The summed E-state index contributed by atoms with van der Waals surface area (Å²) in [5.41, 5.74) is 0. The highest BCUT2D eigenvalue weighted by Crippen LogP contribution is 2.15. The minimum atomic E-state index is -4.13. The summed E-state index contributed by atoms with van der Waals surface area (Å²) in [4.78, 5) is -0.673. The van der Waals surface area contributed by atoms with E-state index in [1.54, 1.807) is 0 Å². The lowest BCUT2D eigenvalue weighted by atomic mass is 10.3. The molecule has 5 nitrogen and oxygen atoms in total. The Hall–Kier alpha value is -1.09. The van der Waals surface area contributed by atoms with Crippen molar-refractivity contribution in [3.8, 4) is 0 Å². The van der Waals surface area contributed by atoms with Crippen LogP contribution in [0.3, 0.4) is 0 Å². The van der Waals surface area contributed by atoms with Crippen LogP contribution in [0.1, 0.15) is 0 Å². The Kier molecular flexibility index (Phi) is 5.15. The molecule has 0 aliphatic rings. The van der Waals surface area contributed by atoms with E-state index in [0.717, 1.165) is 12.1 Å². The van der Waals surface area contributed by atoms with Gasteiger partial charge in [0.1, 0.15) is 16.5 Å². The van der Waals surface area contributed by atoms with Crippen LogP contribution in [0.4, 0.5) is 8.78 Å². The molecule has 0 bridgehead atoms. The topological polar surface area (TPSA) is 75.6 Å². The van der Waals surface area contributed by atoms with Crippen LogP contribution in [-0.4, -0.2) is 39.9 Å². The molecular formula is C10H13F2NO4S. The summed E-state index contributed by atoms with van der Waals surface area (Å²) in [5.74, 6) is -2.06. The molecule has 0 aromatic heterocycles. The van der Waals surface area contributed by atoms with Gasteiger partial charge in [-0.1, -0.05) is 0 Å². The lowest BCUT2D eigenvalue weighted by Crippen LogP contribution is -2.34. The van der Waals surface area contributed by atoms with Gasteiger partial charge in [0.25, 0.3) is 0 Å². The molecule has 0 radical (unpaired) electrons. The highest BCUT2D eigenvalue weighted by atomic mass is 32.2. The Morgan fingerprint density at radius 1 is 1.44 bits per heavy atom. The molecular weight excluding hydrogens is 268 g/mol. The minimum absolute atomic E-state index is 0.0611. The molecule has 0 aliphatic heterocycles. The van der Waals surface area contributed by atoms with Crippen molar-refractivity contribution >= 4 is 10.0 Å². The van der Waals surface area contributed by atoms with E-state index in [1.807, 2.05) is 4.72 Å². The van der Waals surface area contributed by atoms with Gasteiger partial charge in [0.05, 0.1) is 12.7 Å². The highest BCUT2D eigenvalue weighted by molar-refractivity contribution is 7.89. The maximum atomic E-state index is 13.3. The Morgan fingerprint density at radius 2 is 2.11 bits per heavy atom. The lowest BCUT2D eigenvalue weighted by Gasteiger charge is -2.11. The van der Waals surface area contributed by atoms with Gasteiger partial charge in [0.15, 0.2) is 0 Å². The monoisotopic (exact) mass is 281 g/mol. The first kappa shape index (κ1) is 15.0. The third-order valence-corrected chi connectivity index (χ3v) is 3.51. The summed E-state index contributed by atoms with van der Waals surface area (Å²) in [6, 6.07) is 2.12. The molecule has 1 rings (SSSR count). The third-order valence-electron chi connectivity index (χ3n) is 2.05. The maximum absolute atomic E-state index is 13.3. The van der Waals surface area contributed by atoms with Crippen LogP contribution in [0.15, 0.2) is 23.1 Å². The summed E-state index contributed by atoms with van der Waals surface area (Å²) in [7, 11) is -2.78. The van der Waals surface area contributed by atoms with Gasteiger partial charge in [-0.2, -0.15) is 0 Å². The Balaban J connectivity index is 2.80. The van der Waals surface area contributed by atoms with Gasteiger partial charge in [-0.05, 0) is 12.1 Å². The van der Waals surface area contributed by atoms with E-state index in [9.17, 15) is 22.3 Å². The number of rotatable bonds is 6. The smallest absolute Gasteiger partial charge is 0.243 e. The number of hydrogen-bond donors (Lipinski definition) is 2. The van der Waals surface area contributed by atoms with E-state index in [4.69, 9.17) is 0 Å². The van der Waals surface area contributed by atoms with E-state index in [0.29, 0.717) is 6.07 Å². The van der Waals surface area contributed by atoms with Gasteiger partial charge in [0.2, 0.25) is 10.0 Å². The number of halogens is 2. The molecule has 0 spiro atoms. The number of aliphatic hydroxyl groups is 1. The summed E-state index contributed by atoms with van der Waals surface area (Å²) in [6.07, 6.45) is -1.05. The van der Waals surface area contributed by atoms with Crippen molar-refractivity contribution in [2.75, 3.05) is 20.3 Å². The first-order valence-corrected chi connectivity index (χ1v) is 6.47. The Bertz CT molecular complexity index is 507. The third kappa shape index (κ3) is 3.98. The van der Waals surface area contributed by atoms with Crippen LogP contribution >= 0.6 is 0 Å². The SMILES string of the molecule is COCC(O)CNS(=O)(=O)c1ccc(F)cc1F.